The topological polar surface area (TPSA) is 307 Å². The number of carbonyl (C=O) groups is 1. The second-order valence-corrected chi connectivity index (χ2v) is 27.1. The predicted molar refractivity (Wildman–Crippen MR) is 360 cm³/mol. The minimum atomic E-state index is -1.98. The van der Waals surface area contributed by atoms with Crippen LogP contribution in [0.1, 0.15) is 303 Å². The van der Waals surface area contributed by atoms with Gasteiger partial charge in [-0.05, 0) is 44.9 Å². The summed E-state index contributed by atoms with van der Waals surface area (Å²) >= 11 is 0. The molecule has 0 aliphatic carbocycles. The Morgan fingerprint density at radius 1 is 0.380 bits per heavy atom. The minimum Gasteiger partial charge on any atom is -0.394 e. The van der Waals surface area contributed by atoms with E-state index in [-0.39, 0.29) is 18.9 Å². The molecule has 3 aliphatic heterocycles. The molecule has 542 valence electrons. The number of aliphatic hydroxyl groups is 11. The second-order valence-electron chi connectivity index (χ2n) is 27.1. The van der Waals surface area contributed by atoms with Gasteiger partial charge in [0, 0.05) is 6.42 Å². The number of hydrogen-bond donors (Lipinski definition) is 12. The van der Waals surface area contributed by atoms with Gasteiger partial charge in [-0.3, -0.25) is 4.79 Å². The van der Waals surface area contributed by atoms with Gasteiger partial charge in [-0.1, -0.05) is 276 Å². The van der Waals surface area contributed by atoms with Crippen molar-refractivity contribution in [2.45, 2.75) is 407 Å². The Kier molecular flexibility index (Phi) is 50.7. The fourth-order valence-corrected chi connectivity index (χ4v) is 12.9. The van der Waals surface area contributed by atoms with Crippen LogP contribution in [0, 0.1) is 0 Å². The van der Waals surface area contributed by atoms with Gasteiger partial charge >= 0.3 is 0 Å². The van der Waals surface area contributed by atoms with E-state index in [2.05, 4.69) is 31.3 Å². The average Bonchev–Trinajstić information content (AvgIpc) is 0.827. The normalized spacial score (nSPS) is 27.8. The summed E-state index contributed by atoms with van der Waals surface area (Å²) < 4.78 is 34.4. The lowest BCUT2D eigenvalue weighted by Gasteiger charge is -2.48. The first-order valence-corrected chi connectivity index (χ1v) is 37.6. The molecule has 1 amide bonds. The van der Waals surface area contributed by atoms with Gasteiger partial charge in [-0.15, -0.1) is 0 Å². The molecule has 3 heterocycles. The van der Waals surface area contributed by atoms with Crippen LogP contribution in [0.5, 0.6) is 0 Å². The summed E-state index contributed by atoms with van der Waals surface area (Å²) in [7, 11) is 0. The predicted octanol–water partition coefficient (Wildman–Crippen LogP) is 11.0. The first-order chi connectivity index (χ1) is 44.8. The zero-order valence-electron chi connectivity index (χ0n) is 57.5. The van der Waals surface area contributed by atoms with E-state index in [1.165, 1.54) is 212 Å². The molecule has 0 bridgehead atoms. The second kappa shape index (κ2) is 55.2. The summed E-state index contributed by atoms with van der Waals surface area (Å²) in [6.45, 7) is 1.75. The van der Waals surface area contributed by atoms with Gasteiger partial charge in [0.05, 0.1) is 38.6 Å². The number of rotatable bonds is 59. The number of unbranched alkanes of at least 4 members (excludes halogenated alkanes) is 41. The van der Waals surface area contributed by atoms with Gasteiger partial charge in [0.2, 0.25) is 5.91 Å². The van der Waals surface area contributed by atoms with Crippen LogP contribution in [0.15, 0.2) is 24.3 Å². The lowest BCUT2D eigenvalue weighted by atomic mass is 9.96. The average molecular weight is 1320 g/mol. The molecule has 0 aromatic rings. The Bertz CT molecular complexity index is 1760. The Hall–Kier alpha value is -1.73. The quantitative estimate of drug-likeness (QED) is 0.0199. The highest BCUT2D eigenvalue weighted by Gasteiger charge is 2.53. The summed E-state index contributed by atoms with van der Waals surface area (Å²) in [6, 6.07) is -0.976. The Morgan fingerprint density at radius 2 is 0.685 bits per heavy atom. The molecule has 3 rings (SSSR count). The zero-order valence-corrected chi connectivity index (χ0v) is 57.5. The zero-order chi connectivity index (χ0) is 66.8. The summed E-state index contributed by atoms with van der Waals surface area (Å²) in [5.41, 5.74) is 0. The van der Waals surface area contributed by atoms with E-state index in [1.54, 1.807) is 6.08 Å². The molecular formula is C73H137NO18. The molecule has 92 heavy (non-hydrogen) atoms. The molecule has 0 spiro atoms. The summed E-state index contributed by atoms with van der Waals surface area (Å²) in [5, 5.41) is 121. The monoisotopic (exact) mass is 1320 g/mol. The molecule has 19 nitrogen and oxygen atoms in total. The van der Waals surface area contributed by atoms with Crippen molar-refractivity contribution in [3.8, 4) is 0 Å². The number of aliphatic hydroxyl groups excluding tert-OH is 11. The summed E-state index contributed by atoms with van der Waals surface area (Å²) in [4.78, 5) is 13.4. The number of allylic oxidation sites excluding steroid dienone is 3. The van der Waals surface area contributed by atoms with Crippen LogP contribution < -0.4 is 5.32 Å². The van der Waals surface area contributed by atoms with Crippen molar-refractivity contribution in [2.75, 3.05) is 26.4 Å². The van der Waals surface area contributed by atoms with Crippen molar-refractivity contribution in [3.05, 3.63) is 24.3 Å². The van der Waals surface area contributed by atoms with Crippen LogP contribution in [0.3, 0.4) is 0 Å². The van der Waals surface area contributed by atoms with Gasteiger partial charge in [0.25, 0.3) is 0 Å². The molecule has 17 unspecified atom stereocenters. The van der Waals surface area contributed by atoms with Crippen LogP contribution in [-0.2, 0) is 33.2 Å². The molecule has 3 aliphatic rings. The third kappa shape index (κ3) is 36.2. The van der Waals surface area contributed by atoms with Crippen molar-refractivity contribution in [1.82, 2.24) is 5.32 Å². The van der Waals surface area contributed by atoms with Crippen LogP contribution in [0.4, 0.5) is 0 Å². The highest BCUT2D eigenvalue weighted by molar-refractivity contribution is 5.76. The highest BCUT2D eigenvalue weighted by Crippen LogP contribution is 2.33. The number of ether oxygens (including phenoxy) is 6. The number of amides is 1. The van der Waals surface area contributed by atoms with E-state index in [4.69, 9.17) is 28.4 Å². The number of nitrogens with one attached hydrogen (secondary N) is 1. The third-order valence-corrected chi connectivity index (χ3v) is 19.0. The summed E-state index contributed by atoms with van der Waals surface area (Å²) in [6.07, 6.45) is 37.6. The maximum Gasteiger partial charge on any atom is 0.220 e. The smallest absolute Gasteiger partial charge is 0.220 e. The van der Waals surface area contributed by atoms with E-state index >= 15 is 0 Å². The van der Waals surface area contributed by atoms with Crippen LogP contribution in [0.25, 0.3) is 0 Å². The molecule has 0 aromatic carbocycles. The standard InChI is InChI=1S/C73H137NO18/c1-3-5-7-9-11-13-15-17-19-20-21-22-23-24-25-26-27-28-29-30-31-32-33-34-35-36-37-38-40-42-44-46-48-50-57(78)56(74-61(79)51-49-47-45-43-41-39-18-16-14-12-10-8-6-4-2)55-87-71-67(85)64(82)69(59(53-76)89-71)92-73-68(86)65(83)70(60(54-77)90-73)91-72-66(84)63(81)62(80)58(52-75)88-72/h16,18,48,50,56-60,62-73,75-78,80-86H,3-15,17,19-47,49,51-55H2,1-2H3,(H,74,79)/b18-16-,50-48+. The van der Waals surface area contributed by atoms with Gasteiger partial charge in [-0.25, -0.2) is 0 Å². The molecular weight excluding hydrogens is 1180 g/mol. The van der Waals surface area contributed by atoms with Gasteiger partial charge in [0.15, 0.2) is 18.9 Å². The Morgan fingerprint density at radius 3 is 1.05 bits per heavy atom. The van der Waals surface area contributed by atoms with E-state index in [0.717, 1.165) is 64.2 Å². The largest absolute Gasteiger partial charge is 0.394 e. The van der Waals surface area contributed by atoms with Gasteiger partial charge in [-0.2, -0.15) is 0 Å². The lowest BCUT2D eigenvalue weighted by molar-refractivity contribution is -0.379. The van der Waals surface area contributed by atoms with Crippen LogP contribution >= 0.6 is 0 Å². The maximum absolute atomic E-state index is 13.4. The minimum absolute atomic E-state index is 0.235. The molecule has 17 atom stereocenters. The van der Waals surface area contributed by atoms with Crippen LogP contribution in [-0.4, -0.2) is 193 Å². The fraction of sp³-hybridized carbons (Fsp3) is 0.932. The van der Waals surface area contributed by atoms with Gasteiger partial charge in [0.1, 0.15) is 73.2 Å². The number of carbonyl (C=O) groups excluding carboxylic acids is 1. The summed E-state index contributed by atoms with van der Waals surface area (Å²) in [5.74, 6) is -0.281. The van der Waals surface area contributed by atoms with E-state index in [1.807, 2.05) is 6.08 Å². The SMILES string of the molecule is CCCCCCC/C=C\CCCCCCCC(=O)NC(COC1OC(CO)C(OC2OC(CO)C(OC3OC(CO)C(O)C(O)C3O)C(O)C2O)C(O)C1O)C(O)/C=C/CCCCCCCCCCCCCCCCCCCCCCCCCCCCCCCCC. The first kappa shape index (κ1) is 84.5. The van der Waals surface area contributed by atoms with Crippen LogP contribution in [0.2, 0.25) is 0 Å². The van der Waals surface area contributed by atoms with Crippen molar-refractivity contribution in [2.24, 2.45) is 0 Å². The molecule has 0 aromatic heterocycles. The highest BCUT2D eigenvalue weighted by atomic mass is 16.8. The maximum atomic E-state index is 13.4. The van der Waals surface area contributed by atoms with Crippen molar-refractivity contribution in [1.29, 1.82) is 0 Å². The molecule has 3 saturated heterocycles. The molecule has 12 N–H and O–H groups in total. The lowest BCUT2D eigenvalue weighted by Crippen LogP contribution is -2.66. The van der Waals surface area contributed by atoms with E-state index < -0.39 is 124 Å². The molecule has 19 heteroatoms. The van der Waals surface area contributed by atoms with Crippen molar-refractivity contribution in [3.63, 3.8) is 0 Å². The molecule has 0 radical (unpaired) electrons. The molecule has 3 fully saturated rings. The fourth-order valence-electron chi connectivity index (χ4n) is 12.9. The Balaban J connectivity index is 1.36. The number of hydrogen-bond acceptors (Lipinski definition) is 18. The van der Waals surface area contributed by atoms with Crippen molar-refractivity contribution >= 4 is 5.91 Å². The third-order valence-electron chi connectivity index (χ3n) is 19.0. The van der Waals surface area contributed by atoms with E-state index in [0.29, 0.717) is 6.42 Å². The van der Waals surface area contributed by atoms with E-state index in [9.17, 15) is 61.0 Å². The first-order valence-electron chi connectivity index (χ1n) is 37.6. The van der Waals surface area contributed by atoms with Crippen molar-refractivity contribution < 1.29 is 89.4 Å². The van der Waals surface area contributed by atoms with Gasteiger partial charge < -0.3 is 89.9 Å². The molecule has 0 saturated carbocycles. The Labute approximate surface area is 556 Å².